The van der Waals surface area contributed by atoms with E-state index in [-0.39, 0.29) is 4.95 Å². The molecule has 1 rings (SSSR count). The standard InChI is InChI=1S/C7H8BrN3O/c8-6(9)4-1-5(7(10)12)3-11-2-4/h1-3,6H,9H2,(H2,10,12). The quantitative estimate of drug-likeness (QED) is 0.574. The van der Waals surface area contributed by atoms with Crippen molar-refractivity contribution in [2.45, 2.75) is 4.95 Å². The fourth-order valence-corrected chi connectivity index (χ4v) is 0.994. The first-order valence-electron chi connectivity index (χ1n) is 3.25. The summed E-state index contributed by atoms with van der Waals surface area (Å²) in [6, 6.07) is 1.61. The summed E-state index contributed by atoms with van der Waals surface area (Å²) in [5.74, 6) is -0.502. The molecule has 1 unspecified atom stereocenters. The maximum atomic E-state index is 10.7. The molecule has 0 spiro atoms. The van der Waals surface area contributed by atoms with E-state index in [4.69, 9.17) is 11.5 Å². The zero-order valence-corrected chi connectivity index (χ0v) is 7.78. The second kappa shape index (κ2) is 3.64. The van der Waals surface area contributed by atoms with Crippen molar-refractivity contribution < 1.29 is 4.79 Å². The summed E-state index contributed by atoms with van der Waals surface area (Å²) in [7, 11) is 0. The van der Waals surface area contributed by atoms with Crippen LogP contribution in [0.2, 0.25) is 0 Å². The number of halogens is 1. The molecule has 1 aromatic rings. The van der Waals surface area contributed by atoms with E-state index in [1.54, 1.807) is 12.3 Å². The summed E-state index contributed by atoms with van der Waals surface area (Å²) in [5.41, 5.74) is 11.6. The number of rotatable bonds is 2. The first kappa shape index (κ1) is 9.15. The number of primary amides is 1. The average molecular weight is 230 g/mol. The molecule has 0 aliphatic carbocycles. The maximum absolute atomic E-state index is 10.7. The Morgan fingerprint density at radius 2 is 2.25 bits per heavy atom. The van der Waals surface area contributed by atoms with E-state index in [2.05, 4.69) is 20.9 Å². The van der Waals surface area contributed by atoms with Gasteiger partial charge in [0.25, 0.3) is 0 Å². The molecule has 0 aliphatic rings. The Morgan fingerprint density at radius 1 is 1.58 bits per heavy atom. The Labute approximate surface area is 78.1 Å². The summed E-state index contributed by atoms with van der Waals surface area (Å²) >= 11 is 3.15. The lowest BCUT2D eigenvalue weighted by atomic mass is 10.2. The summed E-state index contributed by atoms with van der Waals surface area (Å²) < 4.78 is 0. The lowest BCUT2D eigenvalue weighted by Gasteiger charge is -2.03. The van der Waals surface area contributed by atoms with Gasteiger partial charge in [0.2, 0.25) is 5.91 Å². The molecule has 1 heterocycles. The highest BCUT2D eigenvalue weighted by atomic mass is 79.9. The van der Waals surface area contributed by atoms with Crippen LogP contribution >= 0.6 is 15.9 Å². The molecule has 12 heavy (non-hydrogen) atoms. The van der Waals surface area contributed by atoms with Gasteiger partial charge in [0.15, 0.2) is 0 Å². The number of alkyl halides is 1. The van der Waals surface area contributed by atoms with E-state index >= 15 is 0 Å². The fraction of sp³-hybridized carbons (Fsp3) is 0.143. The number of hydrogen-bond acceptors (Lipinski definition) is 3. The molecular formula is C7H8BrN3O. The lowest BCUT2D eigenvalue weighted by molar-refractivity contribution is 0.1000. The molecule has 0 radical (unpaired) electrons. The molecule has 4 N–H and O–H groups in total. The van der Waals surface area contributed by atoms with Crippen molar-refractivity contribution in [2.24, 2.45) is 11.5 Å². The van der Waals surface area contributed by atoms with Crippen LogP contribution < -0.4 is 11.5 Å². The third-order valence-corrected chi connectivity index (χ3v) is 1.89. The normalized spacial score (nSPS) is 12.5. The third-order valence-electron chi connectivity index (χ3n) is 1.36. The van der Waals surface area contributed by atoms with Gasteiger partial charge >= 0.3 is 0 Å². The second-order valence-electron chi connectivity index (χ2n) is 2.27. The molecule has 0 saturated carbocycles. The van der Waals surface area contributed by atoms with Crippen LogP contribution in [0, 0.1) is 0 Å². The van der Waals surface area contributed by atoms with E-state index in [0.717, 1.165) is 5.56 Å². The second-order valence-corrected chi connectivity index (χ2v) is 3.26. The molecule has 1 amide bonds. The van der Waals surface area contributed by atoms with Crippen molar-refractivity contribution in [3.05, 3.63) is 29.6 Å². The minimum absolute atomic E-state index is 0.315. The predicted molar refractivity (Wildman–Crippen MR) is 48.6 cm³/mol. The topological polar surface area (TPSA) is 82.0 Å². The van der Waals surface area contributed by atoms with Gasteiger partial charge in [-0.15, -0.1) is 0 Å². The summed E-state index contributed by atoms with van der Waals surface area (Å²) in [5, 5.41) is 0. The molecule has 1 atom stereocenters. The summed E-state index contributed by atoms with van der Waals surface area (Å²) in [6.07, 6.45) is 2.98. The van der Waals surface area contributed by atoms with Crippen LogP contribution in [0.4, 0.5) is 0 Å². The Morgan fingerprint density at radius 3 is 2.75 bits per heavy atom. The Kier molecular flexibility index (Phi) is 2.78. The third kappa shape index (κ3) is 2.02. The van der Waals surface area contributed by atoms with E-state index in [9.17, 15) is 4.79 Å². The number of pyridine rings is 1. The van der Waals surface area contributed by atoms with E-state index in [1.807, 2.05) is 0 Å². The highest BCUT2D eigenvalue weighted by Gasteiger charge is 2.05. The number of amides is 1. The van der Waals surface area contributed by atoms with Gasteiger partial charge in [-0.25, -0.2) is 0 Å². The zero-order chi connectivity index (χ0) is 9.14. The number of nitrogens with two attached hydrogens (primary N) is 2. The van der Waals surface area contributed by atoms with Crippen molar-refractivity contribution in [2.75, 3.05) is 0 Å². The molecule has 64 valence electrons. The number of carbonyl (C=O) groups is 1. The largest absolute Gasteiger partial charge is 0.366 e. The lowest BCUT2D eigenvalue weighted by Crippen LogP contribution is -2.12. The smallest absolute Gasteiger partial charge is 0.250 e. The van der Waals surface area contributed by atoms with E-state index in [1.165, 1.54) is 6.20 Å². The Balaban J connectivity index is 3.04. The molecule has 5 heteroatoms. The van der Waals surface area contributed by atoms with Crippen LogP contribution in [-0.4, -0.2) is 10.9 Å². The fourth-order valence-electron chi connectivity index (χ4n) is 0.743. The van der Waals surface area contributed by atoms with Crippen molar-refractivity contribution in [3.8, 4) is 0 Å². The van der Waals surface area contributed by atoms with Crippen molar-refractivity contribution in [1.29, 1.82) is 0 Å². The summed E-state index contributed by atoms with van der Waals surface area (Å²) in [6.45, 7) is 0. The first-order valence-corrected chi connectivity index (χ1v) is 4.17. The van der Waals surface area contributed by atoms with E-state index in [0.29, 0.717) is 5.56 Å². The number of hydrogen-bond donors (Lipinski definition) is 2. The molecule has 0 aliphatic heterocycles. The molecule has 4 nitrogen and oxygen atoms in total. The average Bonchev–Trinajstić information content (AvgIpc) is 2.04. The van der Waals surface area contributed by atoms with Crippen molar-refractivity contribution in [3.63, 3.8) is 0 Å². The molecule has 0 fully saturated rings. The van der Waals surface area contributed by atoms with Gasteiger partial charge in [-0.2, -0.15) is 0 Å². The van der Waals surface area contributed by atoms with Gasteiger partial charge in [-0.1, -0.05) is 15.9 Å². The highest BCUT2D eigenvalue weighted by Crippen LogP contribution is 2.15. The molecule has 0 saturated heterocycles. The van der Waals surface area contributed by atoms with Gasteiger partial charge < -0.3 is 11.5 Å². The van der Waals surface area contributed by atoms with Gasteiger partial charge in [0, 0.05) is 12.4 Å². The van der Waals surface area contributed by atoms with Gasteiger partial charge in [0.05, 0.1) is 10.5 Å². The van der Waals surface area contributed by atoms with Crippen LogP contribution in [0.1, 0.15) is 20.9 Å². The van der Waals surface area contributed by atoms with Crippen molar-refractivity contribution in [1.82, 2.24) is 4.98 Å². The van der Waals surface area contributed by atoms with Crippen LogP contribution in [0.5, 0.6) is 0 Å². The van der Waals surface area contributed by atoms with Crippen LogP contribution in [0.25, 0.3) is 0 Å². The van der Waals surface area contributed by atoms with E-state index < -0.39 is 5.91 Å². The van der Waals surface area contributed by atoms with Crippen LogP contribution in [-0.2, 0) is 0 Å². The molecule has 1 aromatic heterocycles. The molecular weight excluding hydrogens is 222 g/mol. The first-order chi connectivity index (χ1) is 5.61. The zero-order valence-electron chi connectivity index (χ0n) is 6.20. The number of nitrogens with zero attached hydrogens (tertiary/aromatic N) is 1. The monoisotopic (exact) mass is 229 g/mol. The van der Waals surface area contributed by atoms with Gasteiger partial charge in [-0.05, 0) is 11.6 Å². The van der Waals surface area contributed by atoms with Crippen molar-refractivity contribution >= 4 is 21.8 Å². The van der Waals surface area contributed by atoms with Gasteiger partial charge in [-0.3, -0.25) is 9.78 Å². The number of aromatic nitrogens is 1. The Bertz CT molecular complexity index is 300. The van der Waals surface area contributed by atoms with Crippen LogP contribution in [0.3, 0.4) is 0 Å². The SMILES string of the molecule is NC(=O)c1cncc(C(N)Br)c1. The predicted octanol–water partition coefficient (Wildman–Crippen LogP) is 0.533. The van der Waals surface area contributed by atoms with Gasteiger partial charge in [0.1, 0.15) is 0 Å². The molecule has 0 aromatic carbocycles. The number of carbonyl (C=O) groups excluding carboxylic acids is 1. The molecule has 0 bridgehead atoms. The Hall–Kier alpha value is -0.940. The van der Waals surface area contributed by atoms with Crippen LogP contribution in [0.15, 0.2) is 18.5 Å². The minimum Gasteiger partial charge on any atom is -0.366 e. The summed E-state index contributed by atoms with van der Waals surface area (Å²) in [4.78, 5) is 14.2. The highest BCUT2D eigenvalue weighted by molar-refractivity contribution is 9.09. The maximum Gasteiger partial charge on any atom is 0.250 e. The minimum atomic E-state index is -0.502.